The fourth-order valence-electron chi connectivity index (χ4n) is 6.19. The normalized spacial score (nSPS) is 13.4. The van der Waals surface area contributed by atoms with Gasteiger partial charge in [-0.1, -0.05) is 109 Å². The Balaban J connectivity index is 1.35. The van der Waals surface area contributed by atoms with Gasteiger partial charge in [0.2, 0.25) is 20.7 Å². The van der Waals surface area contributed by atoms with Gasteiger partial charge in [0.15, 0.2) is 5.60 Å². The second-order valence-electron chi connectivity index (χ2n) is 10.4. The largest absolute Gasteiger partial charge is 0.456 e. The number of hydrogen-bond acceptors (Lipinski definition) is 3. The number of ether oxygens (including phenoxy) is 1. The van der Waals surface area contributed by atoms with Gasteiger partial charge in [-0.15, -0.1) is 0 Å². The van der Waals surface area contributed by atoms with E-state index in [0.29, 0.717) is 17.1 Å². The van der Waals surface area contributed by atoms with E-state index >= 15 is 0 Å². The highest BCUT2D eigenvalue weighted by Crippen LogP contribution is 2.55. The molecular formula is C38H24O3S2+. The maximum Gasteiger partial charge on any atom is 0.239 e. The molecule has 0 N–H and O–H groups in total. The zero-order valence-electron chi connectivity index (χ0n) is 22.9. The Morgan fingerprint density at radius 2 is 1.00 bits per heavy atom. The summed E-state index contributed by atoms with van der Waals surface area (Å²) in [5.41, 5.74) is 2.98. The number of para-hydroxylation sites is 2. The molecule has 0 saturated carbocycles. The standard InChI is InChI=1S/C38H24O3S2/c39-41-38(29-17-5-11-23-35(29)43-36-24-12-6-18-30(36)38)28-16-4-8-20-32(28)40-31-19-7-1-13-25(31)37-26-14-2-9-21-33(26)42-34-22-10-3-15-27(34)37/h1-24H/q+1. The van der Waals surface area contributed by atoms with Crippen LogP contribution in [-0.2, 0) is 15.7 Å². The van der Waals surface area contributed by atoms with E-state index in [0.717, 1.165) is 32.0 Å². The highest BCUT2D eigenvalue weighted by atomic mass is 32.2. The molecule has 1 aliphatic heterocycles. The van der Waals surface area contributed by atoms with E-state index in [1.54, 1.807) is 23.1 Å². The molecule has 205 valence electrons. The first-order chi connectivity index (χ1) is 21.3. The van der Waals surface area contributed by atoms with Crippen LogP contribution in [0.4, 0.5) is 0 Å². The van der Waals surface area contributed by atoms with Crippen molar-refractivity contribution in [1.82, 2.24) is 0 Å². The van der Waals surface area contributed by atoms with Crippen LogP contribution in [0.5, 0.6) is 11.5 Å². The zero-order chi connectivity index (χ0) is 28.8. The summed E-state index contributed by atoms with van der Waals surface area (Å²) >= 11 is 3.43. The van der Waals surface area contributed by atoms with Crippen molar-refractivity contribution < 1.29 is 14.9 Å². The topological polar surface area (TPSA) is 38.4 Å². The van der Waals surface area contributed by atoms with Crippen LogP contribution in [0.1, 0.15) is 16.7 Å². The van der Waals surface area contributed by atoms with E-state index < -0.39 is 5.60 Å². The Morgan fingerprint density at radius 1 is 0.512 bits per heavy atom. The van der Waals surface area contributed by atoms with Gasteiger partial charge in [0, 0.05) is 60.5 Å². The van der Waals surface area contributed by atoms with Crippen LogP contribution >= 0.6 is 23.1 Å². The Kier molecular flexibility index (Phi) is 6.46. The highest BCUT2D eigenvalue weighted by molar-refractivity contribution is 7.99. The molecule has 0 spiro atoms. The minimum Gasteiger partial charge on any atom is -0.456 e. The molecule has 0 atom stereocenters. The second kappa shape index (κ2) is 10.6. The summed E-state index contributed by atoms with van der Waals surface area (Å²) in [6.07, 6.45) is 0. The number of fused-ring (bicyclic) bond motifs is 4. The van der Waals surface area contributed by atoms with Crippen LogP contribution in [0.3, 0.4) is 0 Å². The molecule has 0 bridgehead atoms. The third kappa shape index (κ3) is 4.16. The van der Waals surface area contributed by atoms with Crippen LogP contribution in [0, 0.1) is 0 Å². The Bertz CT molecular complexity index is 2060. The van der Waals surface area contributed by atoms with Gasteiger partial charge in [-0.2, -0.15) is 4.89 Å². The summed E-state index contributed by atoms with van der Waals surface area (Å²) < 4.78 is 9.29. The molecule has 0 amide bonds. The molecule has 1 aliphatic rings. The fourth-order valence-corrected chi connectivity index (χ4v) is 8.45. The van der Waals surface area contributed by atoms with E-state index in [1.807, 2.05) is 91.0 Å². The minimum atomic E-state index is -1.39. The second-order valence-corrected chi connectivity index (χ2v) is 12.6. The van der Waals surface area contributed by atoms with Gasteiger partial charge in [0.05, 0.1) is 0 Å². The molecule has 2 heterocycles. The fraction of sp³-hybridized carbons (Fsp3) is 0.0263. The smallest absolute Gasteiger partial charge is 0.239 e. The summed E-state index contributed by atoms with van der Waals surface area (Å²) in [5.74, 6) is 1.27. The van der Waals surface area contributed by atoms with E-state index in [-0.39, 0.29) is 0 Å². The molecule has 6 aromatic carbocycles. The summed E-state index contributed by atoms with van der Waals surface area (Å²) in [6, 6.07) is 48.8. The van der Waals surface area contributed by atoms with Gasteiger partial charge in [0.1, 0.15) is 11.5 Å². The van der Waals surface area contributed by atoms with Crippen LogP contribution in [0.25, 0.3) is 31.3 Å². The van der Waals surface area contributed by atoms with Gasteiger partial charge in [-0.05, 0) is 41.7 Å². The lowest BCUT2D eigenvalue weighted by Crippen LogP contribution is -2.34. The number of rotatable bonds is 5. The summed E-state index contributed by atoms with van der Waals surface area (Å²) in [6.45, 7) is 0. The molecule has 8 rings (SSSR count). The van der Waals surface area contributed by atoms with Crippen LogP contribution < -0.4 is 4.74 Å². The third-order valence-corrected chi connectivity index (χ3v) is 10.4. The van der Waals surface area contributed by atoms with Crippen molar-refractivity contribution in [2.45, 2.75) is 15.4 Å². The lowest BCUT2D eigenvalue weighted by molar-refractivity contribution is -0.357. The molecular weight excluding hydrogens is 569 g/mol. The monoisotopic (exact) mass is 592 g/mol. The molecule has 1 radical (unpaired) electrons. The Morgan fingerprint density at radius 3 is 1.63 bits per heavy atom. The predicted molar refractivity (Wildman–Crippen MR) is 174 cm³/mol. The van der Waals surface area contributed by atoms with Gasteiger partial charge >= 0.3 is 0 Å². The predicted octanol–water partition coefficient (Wildman–Crippen LogP) is 10.9. The lowest BCUT2D eigenvalue weighted by Gasteiger charge is -2.37. The highest BCUT2D eigenvalue weighted by Gasteiger charge is 2.47. The molecule has 3 nitrogen and oxygen atoms in total. The first kappa shape index (κ1) is 26.1. The molecule has 7 aromatic rings. The van der Waals surface area contributed by atoms with Crippen molar-refractivity contribution in [2.75, 3.05) is 0 Å². The Hall–Kier alpha value is -4.52. The van der Waals surface area contributed by atoms with Crippen molar-refractivity contribution in [3.8, 4) is 22.6 Å². The van der Waals surface area contributed by atoms with Crippen molar-refractivity contribution in [2.24, 2.45) is 0 Å². The van der Waals surface area contributed by atoms with Gasteiger partial charge < -0.3 is 4.74 Å². The van der Waals surface area contributed by atoms with Crippen LogP contribution in [0.2, 0.25) is 0 Å². The zero-order valence-corrected chi connectivity index (χ0v) is 24.5. The molecule has 0 saturated heterocycles. The van der Waals surface area contributed by atoms with Crippen LogP contribution in [0.15, 0.2) is 155 Å². The van der Waals surface area contributed by atoms with Gasteiger partial charge in [-0.25, -0.2) is 0 Å². The van der Waals surface area contributed by atoms with E-state index in [1.165, 1.54) is 20.2 Å². The molecule has 5 heteroatoms. The van der Waals surface area contributed by atoms with Gasteiger partial charge in [0.25, 0.3) is 0 Å². The van der Waals surface area contributed by atoms with E-state index in [4.69, 9.17) is 9.62 Å². The number of benzene rings is 6. The lowest BCUT2D eigenvalue weighted by atomic mass is 9.79. The molecule has 43 heavy (non-hydrogen) atoms. The molecule has 0 unspecified atom stereocenters. The SMILES string of the molecule is [O]OC1(c2ccccc2Oc2ccccc2-c2c3ccccc3[s+]c3ccccc23)c2ccccc2Sc2ccccc21. The summed E-state index contributed by atoms with van der Waals surface area (Å²) in [5, 5.41) is 15.5. The summed E-state index contributed by atoms with van der Waals surface area (Å²) in [4.78, 5) is 7.35. The molecule has 0 fully saturated rings. The average molecular weight is 593 g/mol. The van der Waals surface area contributed by atoms with E-state index in [2.05, 4.69) is 54.6 Å². The quantitative estimate of drug-likeness (QED) is 0.0864. The van der Waals surface area contributed by atoms with Crippen molar-refractivity contribution >= 4 is 43.3 Å². The number of hydrogen-bond donors (Lipinski definition) is 0. The maximum atomic E-state index is 13.2. The maximum absolute atomic E-state index is 13.2. The van der Waals surface area contributed by atoms with Crippen molar-refractivity contribution in [3.63, 3.8) is 0 Å². The van der Waals surface area contributed by atoms with Gasteiger partial charge in [-0.3, -0.25) is 0 Å². The molecule has 1 aromatic heterocycles. The van der Waals surface area contributed by atoms with Crippen LogP contribution in [-0.4, -0.2) is 0 Å². The first-order valence-electron chi connectivity index (χ1n) is 14.1. The Labute approximate surface area is 257 Å². The van der Waals surface area contributed by atoms with Crippen molar-refractivity contribution in [1.29, 1.82) is 0 Å². The third-order valence-electron chi connectivity index (χ3n) is 8.05. The average Bonchev–Trinajstić information content (AvgIpc) is 3.07. The minimum absolute atomic E-state index is 0.565. The van der Waals surface area contributed by atoms with Crippen molar-refractivity contribution in [3.05, 3.63) is 162 Å². The molecule has 0 aliphatic carbocycles. The summed E-state index contributed by atoms with van der Waals surface area (Å²) in [7, 11) is 0. The van der Waals surface area contributed by atoms with E-state index in [9.17, 15) is 5.26 Å². The first-order valence-corrected chi connectivity index (χ1v) is 15.7.